The molecule has 12 rings (SSSR count). The molecule has 0 radical (unpaired) electrons. The third-order valence-electron chi connectivity index (χ3n) is 11.6. The maximum absolute atomic E-state index is 6.96. The van der Waals surface area contributed by atoms with Gasteiger partial charge in [0.25, 0.3) is 0 Å². The summed E-state index contributed by atoms with van der Waals surface area (Å²) in [7, 11) is 0. The Morgan fingerprint density at radius 3 is 1.89 bits per heavy atom. The van der Waals surface area contributed by atoms with Crippen molar-refractivity contribution in [1.29, 1.82) is 0 Å². The number of hydrogen-bond donors (Lipinski definition) is 0. The zero-order chi connectivity index (χ0) is 37.5. The van der Waals surface area contributed by atoms with E-state index in [1.807, 2.05) is 11.3 Å². The summed E-state index contributed by atoms with van der Waals surface area (Å²) in [5, 5.41) is 12.0. The molecule has 2 nitrogen and oxygen atoms in total. The van der Waals surface area contributed by atoms with Crippen molar-refractivity contribution in [2.24, 2.45) is 0 Å². The van der Waals surface area contributed by atoms with Crippen molar-refractivity contribution >= 4 is 103 Å². The van der Waals surface area contributed by atoms with Crippen LogP contribution in [-0.2, 0) is 0 Å². The first-order chi connectivity index (χ1) is 28.3. The highest BCUT2D eigenvalue weighted by molar-refractivity contribution is 7.26. The van der Waals surface area contributed by atoms with Gasteiger partial charge in [-0.05, 0) is 91.5 Å². The van der Waals surface area contributed by atoms with Gasteiger partial charge in [-0.2, -0.15) is 0 Å². The van der Waals surface area contributed by atoms with Crippen LogP contribution in [0.15, 0.2) is 205 Å². The Morgan fingerprint density at radius 2 is 1.02 bits per heavy atom. The molecule has 0 amide bonds. The molecule has 0 atom stereocenters. The van der Waals surface area contributed by atoms with Gasteiger partial charge in [-0.25, -0.2) is 0 Å². The zero-order valence-corrected chi connectivity index (χ0v) is 31.6. The van der Waals surface area contributed by atoms with E-state index in [0.29, 0.717) is 0 Å². The van der Waals surface area contributed by atoms with Gasteiger partial charge in [0.1, 0.15) is 11.2 Å². The normalized spacial score (nSPS) is 11.9. The highest BCUT2D eigenvalue weighted by Gasteiger charge is 2.25. The Kier molecular flexibility index (Phi) is 7.13. The van der Waals surface area contributed by atoms with Crippen molar-refractivity contribution in [2.45, 2.75) is 0 Å². The summed E-state index contributed by atoms with van der Waals surface area (Å²) < 4.78 is 9.51. The van der Waals surface area contributed by atoms with Crippen LogP contribution in [0.3, 0.4) is 0 Å². The molecule has 0 aliphatic carbocycles. The van der Waals surface area contributed by atoms with Crippen LogP contribution in [0, 0.1) is 0 Å². The molecule has 0 bridgehead atoms. The van der Waals surface area contributed by atoms with Gasteiger partial charge >= 0.3 is 0 Å². The van der Waals surface area contributed by atoms with Crippen molar-refractivity contribution in [1.82, 2.24) is 0 Å². The largest absolute Gasteiger partial charge is 0.455 e. The van der Waals surface area contributed by atoms with Gasteiger partial charge in [-0.15, -0.1) is 11.3 Å². The first-order valence-electron chi connectivity index (χ1n) is 19.4. The van der Waals surface area contributed by atoms with E-state index in [4.69, 9.17) is 4.42 Å². The van der Waals surface area contributed by atoms with Crippen LogP contribution >= 0.6 is 11.3 Å². The monoisotopic (exact) mass is 743 g/mol. The van der Waals surface area contributed by atoms with Crippen molar-refractivity contribution in [3.63, 3.8) is 0 Å². The Hall–Kier alpha value is -7.20. The van der Waals surface area contributed by atoms with E-state index in [2.05, 4.69) is 205 Å². The lowest BCUT2D eigenvalue weighted by Gasteiger charge is -2.28. The SMILES string of the molecule is c1ccc(-c2cccc3c2sc2cccc(N(c4ccc5ccc6ccccc6c5c4)c4ccc(-c5cccc6ccccc56)c5oc6ccccc6c45)c23)cc1. The third-order valence-corrected chi connectivity index (χ3v) is 12.8. The number of anilines is 3. The Labute approximate surface area is 333 Å². The van der Waals surface area contributed by atoms with Gasteiger partial charge in [0, 0.05) is 36.8 Å². The van der Waals surface area contributed by atoms with E-state index in [1.54, 1.807) is 0 Å². The maximum Gasteiger partial charge on any atom is 0.145 e. The molecule has 0 aliphatic heterocycles. The second-order valence-corrected chi connectivity index (χ2v) is 15.8. The topological polar surface area (TPSA) is 16.4 Å². The minimum absolute atomic E-state index is 0.873. The molecule has 0 fully saturated rings. The van der Waals surface area contributed by atoms with Gasteiger partial charge < -0.3 is 9.32 Å². The molecule has 0 saturated carbocycles. The summed E-state index contributed by atoms with van der Waals surface area (Å²) in [6.07, 6.45) is 0. The molecule has 3 heteroatoms. The predicted molar refractivity (Wildman–Crippen MR) is 245 cm³/mol. The fraction of sp³-hybridized carbons (Fsp3) is 0. The van der Waals surface area contributed by atoms with Gasteiger partial charge in [0.05, 0.1) is 16.8 Å². The minimum Gasteiger partial charge on any atom is -0.455 e. The van der Waals surface area contributed by atoms with E-state index >= 15 is 0 Å². The number of fused-ring (bicyclic) bond motifs is 10. The van der Waals surface area contributed by atoms with Crippen LogP contribution in [0.2, 0.25) is 0 Å². The predicted octanol–water partition coefficient (Wildman–Crippen LogP) is 16.2. The standard InChI is InChI=1S/C54H33NOS/c1-2-13-35(14-3-1)41-21-11-23-45-51-47(24-12-26-50(51)57-54(41)45)55(38-30-29-37-28-27-36-16-5-7-19-40(36)46(37)33-38)48-32-31-43(42-22-10-17-34-15-4-6-18-39(34)42)53-52(48)44-20-8-9-25-49(44)56-53/h1-33H. The molecule has 2 aromatic heterocycles. The second-order valence-electron chi connectivity index (χ2n) is 14.8. The summed E-state index contributed by atoms with van der Waals surface area (Å²) in [6.45, 7) is 0. The summed E-state index contributed by atoms with van der Waals surface area (Å²) in [4.78, 5) is 2.49. The average molecular weight is 744 g/mol. The first kappa shape index (κ1) is 32.1. The zero-order valence-electron chi connectivity index (χ0n) is 30.8. The average Bonchev–Trinajstić information content (AvgIpc) is 3.87. The lowest BCUT2D eigenvalue weighted by atomic mass is 9.95. The lowest BCUT2D eigenvalue weighted by Crippen LogP contribution is -2.11. The van der Waals surface area contributed by atoms with Gasteiger partial charge in [-0.1, -0.05) is 158 Å². The summed E-state index contributed by atoms with van der Waals surface area (Å²) >= 11 is 1.87. The number of nitrogens with zero attached hydrogens (tertiary/aromatic N) is 1. The Balaban J connectivity index is 1.20. The molecule has 2 heterocycles. The fourth-order valence-electron chi connectivity index (χ4n) is 9.07. The van der Waals surface area contributed by atoms with E-state index in [1.165, 1.54) is 63.6 Å². The molecular formula is C54H33NOS. The summed E-state index contributed by atoms with van der Waals surface area (Å²) in [5.74, 6) is 0. The van der Waals surface area contributed by atoms with Crippen LogP contribution in [0.4, 0.5) is 17.1 Å². The lowest BCUT2D eigenvalue weighted by molar-refractivity contribution is 0.670. The second kappa shape index (κ2) is 12.7. The highest BCUT2D eigenvalue weighted by Crippen LogP contribution is 2.51. The summed E-state index contributed by atoms with van der Waals surface area (Å²) in [5.41, 5.74) is 9.78. The maximum atomic E-state index is 6.96. The Morgan fingerprint density at radius 1 is 0.386 bits per heavy atom. The van der Waals surface area contributed by atoms with Crippen LogP contribution in [-0.4, -0.2) is 0 Å². The summed E-state index contributed by atoms with van der Waals surface area (Å²) in [6, 6.07) is 72.7. The number of thiophene rings is 1. The van der Waals surface area contributed by atoms with Crippen molar-refractivity contribution in [3.05, 3.63) is 200 Å². The highest BCUT2D eigenvalue weighted by atomic mass is 32.1. The number of para-hydroxylation sites is 1. The molecule has 0 N–H and O–H groups in total. The first-order valence-corrected chi connectivity index (χ1v) is 20.2. The minimum atomic E-state index is 0.873. The fourth-order valence-corrected chi connectivity index (χ4v) is 10.3. The van der Waals surface area contributed by atoms with Crippen LogP contribution in [0.25, 0.3) is 96.7 Å². The van der Waals surface area contributed by atoms with Gasteiger partial charge in [0.2, 0.25) is 0 Å². The molecular weight excluding hydrogens is 711 g/mol. The molecule has 0 aliphatic rings. The quantitative estimate of drug-likeness (QED) is 0.163. The smallest absolute Gasteiger partial charge is 0.145 e. The van der Waals surface area contributed by atoms with E-state index < -0.39 is 0 Å². The molecule has 12 aromatic rings. The van der Waals surface area contributed by atoms with E-state index in [-0.39, 0.29) is 0 Å². The van der Waals surface area contributed by atoms with E-state index in [0.717, 1.165) is 50.1 Å². The molecule has 0 saturated heterocycles. The Bertz CT molecular complexity index is 3530. The van der Waals surface area contributed by atoms with Crippen LogP contribution in [0.5, 0.6) is 0 Å². The molecule has 266 valence electrons. The molecule has 57 heavy (non-hydrogen) atoms. The molecule has 10 aromatic carbocycles. The van der Waals surface area contributed by atoms with Crippen LogP contribution < -0.4 is 4.90 Å². The number of rotatable bonds is 5. The van der Waals surface area contributed by atoms with Crippen molar-refractivity contribution in [2.75, 3.05) is 4.90 Å². The van der Waals surface area contributed by atoms with Gasteiger partial charge in [-0.3, -0.25) is 0 Å². The number of hydrogen-bond acceptors (Lipinski definition) is 3. The van der Waals surface area contributed by atoms with E-state index in [9.17, 15) is 0 Å². The van der Waals surface area contributed by atoms with Gasteiger partial charge in [0.15, 0.2) is 0 Å². The third kappa shape index (κ3) is 4.96. The number of benzene rings is 10. The molecule has 0 unspecified atom stereocenters. The van der Waals surface area contributed by atoms with Crippen LogP contribution in [0.1, 0.15) is 0 Å². The molecule has 0 spiro atoms. The van der Waals surface area contributed by atoms with Crippen molar-refractivity contribution in [3.8, 4) is 22.3 Å². The number of furan rings is 1. The van der Waals surface area contributed by atoms with Crippen molar-refractivity contribution < 1.29 is 4.42 Å².